The fraction of sp³-hybridized carbons (Fsp3) is 0.615. The van der Waals surface area contributed by atoms with Crippen molar-refractivity contribution in [2.45, 2.75) is 19.4 Å². The second-order valence-electron chi connectivity index (χ2n) is 5.78. The molecule has 1 aromatic heterocycles. The molecule has 1 fully saturated rings. The van der Waals surface area contributed by atoms with E-state index >= 15 is 0 Å². The van der Waals surface area contributed by atoms with Gasteiger partial charge in [0, 0.05) is 37.9 Å². The fourth-order valence-corrected chi connectivity index (χ4v) is 3.03. The zero-order valence-corrected chi connectivity index (χ0v) is 13.0. The Bertz CT molecular complexity index is 555. The van der Waals surface area contributed by atoms with Crippen LogP contribution in [0.15, 0.2) is 18.3 Å². The third-order valence-electron chi connectivity index (χ3n) is 3.52. The highest BCUT2D eigenvalue weighted by molar-refractivity contribution is 7.88. The minimum atomic E-state index is -3.09. The number of nitrogens with two attached hydrogens (primary N) is 1. The van der Waals surface area contributed by atoms with E-state index in [0.29, 0.717) is 26.2 Å². The van der Waals surface area contributed by atoms with E-state index < -0.39 is 15.6 Å². The van der Waals surface area contributed by atoms with Gasteiger partial charge in [-0.1, -0.05) is 6.07 Å². The van der Waals surface area contributed by atoms with Crippen molar-refractivity contribution >= 4 is 15.8 Å². The van der Waals surface area contributed by atoms with Crippen molar-refractivity contribution in [2.75, 3.05) is 37.3 Å². The number of hydrogen-bond donors (Lipinski definition) is 1. The van der Waals surface area contributed by atoms with E-state index in [1.165, 1.54) is 10.6 Å². The Morgan fingerprint density at radius 1 is 1.20 bits per heavy atom. The van der Waals surface area contributed by atoms with Gasteiger partial charge in [-0.25, -0.2) is 13.4 Å². The molecule has 6 nitrogen and oxygen atoms in total. The molecule has 1 aliphatic heterocycles. The molecule has 2 heterocycles. The molecule has 112 valence electrons. The monoisotopic (exact) mass is 298 g/mol. The fourth-order valence-electron chi connectivity index (χ4n) is 2.20. The van der Waals surface area contributed by atoms with Crippen molar-refractivity contribution in [2.24, 2.45) is 5.73 Å². The lowest BCUT2D eigenvalue weighted by molar-refractivity contribution is 0.387. The second kappa shape index (κ2) is 5.31. The van der Waals surface area contributed by atoms with Crippen LogP contribution < -0.4 is 10.6 Å². The first kappa shape index (κ1) is 15.2. The van der Waals surface area contributed by atoms with Crippen LogP contribution in [0.4, 0.5) is 5.82 Å². The van der Waals surface area contributed by atoms with Crippen molar-refractivity contribution in [3.8, 4) is 0 Å². The summed E-state index contributed by atoms with van der Waals surface area (Å²) in [4.78, 5) is 6.53. The van der Waals surface area contributed by atoms with Crippen molar-refractivity contribution in [1.82, 2.24) is 9.29 Å². The number of piperazine rings is 1. The van der Waals surface area contributed by atoms with Crippen LogP contribution in [0.2, 0.25) is 0 Å². The lowest BCUT2D eigenvalue weighted by Crippen LogP contribution is -2.48. The average molecular weight is 298 g/mol. The number of aromatic nitrogens is 1. The molecule has 0 saturated carbocycles. The Morgan fingerprint density at radius 3 is 2.20 bits per heavy atom. The Morgan fingerprint density at radius 2 is 1.80 bits per heavy atom. The molecule has 0 unspecified atom stereocenters. The highest BCUT2D eigenvalue weighted by atomic mass is 32.2. The van der Waals surface area contributed by atoms with Crippen LogP contribution in [0, 0.1) is 0 Å². The molecule has 1 aliphatic rings. The maximum Gasteiger partial charge on any atom is 0.211 e. The molecule has 2 rings (SSSR count). The number of rotatable bonds is 3. The largest absolute Gasteiger partial charge is 0.354 e. The number of hydrogen-bond acceptors (Lipinski definition) is 5. The third-order valence-corrected chi connectivity index (χ3v) is 4.83. The van der Waals surface area contributed by atoms with Crippen LogP contribution >= 0.6 is 0 Å². The molecule has 7 heteroatoms. The highest BCUT2D eigenvalue weighted by Crippen LogP contribution is 2.20. The van der Waals surface area contributed by atoms with Gasteiger partial charge in [0.15, 0.2) is 0 Å². The smallest absolute Gasteiger partial charge is 0.211 e. The van der Waals surface area contributed by atoms with Gasteiger partial charge in [0.05, 0.1) is 6.26 Å². The van der Waals surface area contributed by atoms with Crippen LogP contribution in [-0.2, 0) is 15.6 Å². The summed E-state index contributed by atoms with van der Waals surface area (Å²) in [5, 5.41) is 0. The molecule has 0 aliphatic carbocycles. The topological polar surface area (TPSA) is 79.5 Å². The minimum Gasteiger partial charge on any atom is -0.354 e. The van der Waals surface area contributed by atoms with Crippen LogP contribution in [0.1, 0.15) is 19.4 Å². The van der Waals surface area contributed by atoms with Crippen LogP contribution in [-0.4, -0.2) is 50.1 Å². The lowest BCUT2D eigenvalue weighted by atomic mass is 9.98. The van der Waals surface area contributed by atoms with Gasteiger partial charge >= 0.3 is 0 Å². The van der Waals surface area contributed by atoms with Gasteiger partial charge in [-0.05, 0) is 25.5 Å². The highest BCUT2D eigenvalue weighted by Gasteiger charge is 2.24. The molecule has 2 N–H and O–H groups in total. The maximum atomic E-state index is 11.5. The van der Waals surface area contributed by atoms with Gasteiger partial charge < -0.3 is 10.6 Å². The predicted molar refractivity (Wildman–Crippen MR) is 80.1 cm³/mol. The summed E-state index contributed by atoms with van der Waals surface area (Å²) in [6.07, 6.45) is 3.04. The van der Waals surface area contributed by atoms with E-state index in [9.17, 15) is 8.42 Å². The van der Waals surface area contributed by atoms with Crippen LogP contribution in [0.3, 0.4) is 0 Å². The number of anilines is 1. The quantitative estimate of drug-likeness (QED) is 0.871. The van der Waals surface area contributed by atoms with Gasteiger partial charge in [-0.3, -0.25) is 0 Å². The first-order valence-electron chi connectivity index (χ1n) is 6.63. The first-order valence-corrected chi connectivity index (χ1v) is 8.48. The number of nitrogens with zero attached hydrogens (tertiary/aromatic N) is 3. The van der Waals surface area contributed by atoms with E-state index in [4.69, 9.17) is 5.73 Å². The van der Waals surface area contributed by atoms with Crippen molar-refractivity contribution in [3.05, 3.63) is 23.9 Å². The van der Waals surface area contributed by atoms with Crippen molar-refractivity contribution < 1.29 is 8.42 Å². The summed E-state index contributed by atoms with van der Waals surface area (Å²) in [7, 11) is -3.09. The Balaban J connectivity index is 2.04. The summed E-state index contributed by atoms with van der Waals surface area (Å²) in [6, 6.07) is 3.92. The summed E-state index contributed by atoms with van der Waals surface area (Å²) in [6.45, 7) is 6.20. The summed E-state index contributed by atoms with van der Waals surface area (Å²) >= 11 is 0. The van der Waals surface area contributed by atoms with E-state index in [2.05, 4.69) is 9.88 Å². The predicted octanol–water partition coefficient (Wildman–Crippen LogP) is 0.357. The molecule has 0 radical (unpaired) electrons. The molecule has 0 amide bonds. The zero-order valence-electron chi connectivity index (χ0n) is 12.2. The molecule has 1 aromatic rings. The van der Waals surface area contributed by atoms with Gasteiger partial charge in [0.2, 0.25) is 10.0 Å². The van der Waals surface area contributed by atoms with Crippen LogP contribution in [0.5, 0.6) is 0 Å². The molecule has 1 saturated heterocycles. The van der Waals surface area contributed by atoms with Gasteiger partial charge in [0.1, 0.15) is 5.82 Å². The van der Waals surface area contributed by atoms with Gasteiger partial charge in [0.25, 0.3) is 0 Å². The molecular formula is C13H22N4O2S. The third kappa shape index (κ3) is 3.47. The molecule has 0 atom stereocenters. The molecule has 20 heavy (non-hydrogen) atoms. The van der Waals surface area contributed by atoms with E-state index in [1.54, 1.807) is 6.20 Å². The van der Waals surface area contributed by atoms with E-state index in [1.807, 2.05) is 26.0 Å². The van der Waals surface area contributed by atoms with Crippen molar-refractivity contribution in [3.63, 3.8) is 0 Å². The van der Waals surface area contributed by atoms with Gasteiger partial charge in [-0.15, -0.1) is 0 Å². The SMILES string of the molecule is CC(C)(N)c1ccc(N2CCN(S(C)(=O)=O)CC2)nc1. The first-order chi connectivity index (χ1) is 9.18. The molecular weight excluding hydrogens is 276 g/mol. The molecule has 0 spiro atoms. The maximum absolute atomic E-state index is 11.5. The van der Waals surface area contributed by atoms with Crippen molar-refractivity contribution in [1.29, 1.82) is 0 Å². The lowest BCUT2D eigenvalue weighted by Gasteiger charge is -2.34. The van der Waals surface area contributed by atoms with Crippen LogP contribution in [0.25, 0.3) is 0 Å². The Labute approximate surface area is 120 Å². The molecule has 0 bridgehead atoms. The summed E-state index contributed by atoms with van der Waals surface area (Å²) in [5.74, 6) is 0.867. The summed E-state index contributed by atoms with van der Waals surface area (Å²) in [5.41, 5.74) is 6.60. The standard InChI is InChI=1S/C13H22N4O2S/c1-13(2,14)11-4-5-12(15-10-11)16-6-8-17(9-7-16)20(3,18)19/h4-5,10H,6-9,14H2,1-3H3. The normalized spacial score (nSPS) is 18.3. The number of pyridine rings is 1. The van der Waals surface area contributed by atoms with E-state index in [-0.39, 0.29) is 0 Å². The zero-order chi connectivity index (χ0) is 15.0. The van der Waals surface area contributed by atoms with E-state index in [0.717, 1.165) is 11.4 Å². The average Bonchev–Trinajstić information content (AvgIpc) is 2.37. The Kier molecular flexibility index (Phi) is 4.04. The van der Waals surface area contributed by atoms with Gasteiger partial charge in [-0.2, -0.15) is 4.31 Å². The Hall–Kier alpha value is -1.18. The minimum absolute atomic E-state index is 0.402. The summed E-state index contributed by atoms with van der Waals surface area (Å²) < 4.78 is 24.4. The second-order valence-corrected chi connectivity index (χ2v) is 7.76. The molecule has 0 aromatic carbocycles. The number of sulfonamides is 1.